The minimum Gasteiger partial charge on any atom is -0.369 e. The Balaban J connectivity index is 0.00000225. The van der Waals surface area contributed by atoms with Crippen LogP contribution in [0.4, 0.5) is 0 Å². The van der Waals surface area contributed by atoms with E-state index in [9.17, 15) is 9.59 Å². The van der Waals surface area contributed by atoms with Crippen LogP contribution in [0.5, 0.6) is 0 Å². The van der Waals surface area contributed by atoms with Gasteiger partial charge < -0.3 is 16.8 Å². The van der Waals surface area contributed by atoms with Crippen LogP contribution in [-0.4, -0.2) is 23.9 Å². The third-order valence-electron chi connectivity index (χ3n) is 2.84. The molecule has 2 unspecified atom stereocenters. The molecule has 1 aliphatic rings. The lowest BCUT2D eigenvalue weighted by atomic mass is 9.85. The van der Waals surface area contributed by atoms with Gasteiger partial charge in [-0.2, -0.15) is 0 Å². The number of hydrogen-bond donors (Lipinski definition) is 3. The molecule has 1 rings (SSSR count). The maximum absolute atomic E-state index is 11.3. The predicted molar refractivity (Wildman–Crippen MR) is 64.0 cm³/mol. The van der Waals surface area contributed by atoms with Crippen molar-refractivity contribution in [3.05, 3.63) is 0 Å². The summed E-state index contributed by atoms with van der Waals surface area (Å²) in [5.74, 6) is -0.531. The fourth-order valence-corrected chi connectivity index (χ4v) is 1.91. The van der Waals surface area contributed by atoms with E-state index < -0.39 is 6.04 Å². The highest BCUT2D eigenvalue weighted by molar-refractivity contribution is 5.85. The Bertz CT molecular complexity index is 258. The molecule has 0 aromatic heterocycles. The molecule has 0 aliphatic heterocycles. The summed E-state index contributed by atoms with van der Waals surface area (Å²) >= 11 is 0. The van der Waals surface area contributed by atoms with Crippen molar-refractivity contribution >= 4 is 24.2 Å². The van der Waals surface area contributed by atoms with Crippen molar-refractivity contribution < 1.29 is 9.59 Å². The highest BCUT2D eigenvalue weighted by Crippen LogP contribution is 2.23. The van der Waals surface area contributed by atoms with Gasteiger partial charge in [0.2, 0.25) is 11.8 Å². The Hall–Kier alpha value is -0.810. The summed E-state index contributed by atoms with van der Waals surface area (Å²) < 4.78 is 0. The van der Waals surface area contributed by atoms with Gasteiger partial charge in [-0.1, -0.05) is 6.42 Å². The Kier molecular flexibility index (Phi) is 6.36. The zero-order chi connectivity index (χ0) is 11.4. The average Bonchev–Trinajstić information content (AvgIpc) is 2.18. The fraction of sp³-hybridized carbons (Fsp3) is 0.800. The molecule has 16 heavy (non-hydrogen) atoms. The van der Waals surface area contributed by atoms with Gasteiger partial charge in [-0.05, 0) is 26.2 Å². The lowest BCUT2D eigenvalue weighted by molar-refractivity contribution is -0.125. The van der Waals surface area contributed by atoms with Gasteiger partial charge in [0.25, 0.3) is 0 Å². The van der Waals surface area contributed by atoms with Gasteiger partial charge in [-0.15, -0.1) is 12.4 Å². The molecule has 3 atom stereocenters. The number of primary amides is 1. The van der Waals surface area contributed by atoms with Crippen molar-refractivity contribution in [1.82, 2.24) is 5.32 Å². The monoisotopic (exact) mass is 249 g/mol. The van der Waals surface area contributed by atoms with E-state index in [0.29, 0.717) is 6.42 Å². The maximum Gasteiger partial charge on any atom is 0.236 e. The summed E-state index contributed by atoms with van der Waals surface area (Å²) in [6, 6.07) is -0.450. The third kappa shape index (κ3) is 4.37. The van der Waals surface area contributed by atoms with Crippen molar-refractivity contribution in [3.8, 4) is 0 Å². The number of carbonyl (C=O) groups is 2. The number of rotatable bonds is 3. The molecule has 0 heterocycles. The smallest absolute Gasteiger partial charge is 0.236 e. The molecular weight excluding hydrogens is 230 g/mol. The Morgan fingerprint density at radius 2 is 2.00 bits per heavy atom. The summed E-state index contributed by atoms with van der Waals surface area (Å²) in [4.78, 5) is 22.3. The quantitative estimate of drug-likeness (QED) is 0.652. The predicted octanol–water partition coefficient (Wildman–Crippen LogP) is -0.0843. The second-order valence-corrected chi connectivity index (χ2v) is 4.26. The van der Waals surface area contributed by atoms with Crippen LogP contribution in [0, 0.1) is 5.92 Å². The molecule has 2 amide bonds. The molecule has 1 aliphatic carbocycles. The van der Waals surface area contributed by atoms with E-state index in [1.54, 1.807) is 6.92 Å². The van der Waals surface area contributed by atoms with E-state index >= 15 is 0 Å². The minimum absolute atomic E-state index is 0. The molecule has 1 fully saturated rings. The molecule has 0 aromatic rings. The van der Waals surface area contributed by atoms with E-state index in [1.165, 1.54) is 0 Å². The third-order valence-corrected chi connectivity index (χ3v) is 2.84. The SMILES string of the molecule is C[C@H](N)C(=O)NC1CCCC(C(N)=O)C1.Cl. The van der Waals surface area contributed by atoms with Crippen LogP contribution < -0.4 is 16.8 Å². The van der Waals surface area contributed by atoms with Crippen LogP contribution in [0.2, 0.25) is 0 Å². The normalized spacial score (nSPS) is 26.4. The highest BCUT2D eigenvalue weighted by Gasteiger charge is 2.26. The van der Waals surface area contributed by atoms with E-state index in [0.717, 1.165) is 19.3 Å². The van der Waals surface area contributed by atoms with Gasteiger partial charge in [0.1, 0.15) is 0 Å². The van der Waals surface area contributed by atoms with Crippen LogP contribution in [-0.2, 0) is 9.59 Å². The van der Waals surface area contributed by atoms with E-state index in [-0.39, 0.29) is 36.2 Å². The van der Waals surface area contributed by atoms with E-state index in [1.807, 2.05) is 0 Å². The van der Waals surface area contributed by atoms with Gasteiger partial charge >= 0.3 is 0 Å². The van der Waals surface area contributed by atoms with Crippen molar-refractivity contribution in [3.63, 3.8) is 0 Å². The van der Waals surface area contributed by atoms with E-state index in [2.05, 4.69) is 5.32 Å². The van der Waals surface area contributed by atoms with Gasteiger partial charge in [0, 0.05) is 12.0 Å². The molecule has 1 saturated carbocycles. The van der Waals surface area contributed by atoms with Crippen LogP contribution in [0.15, 0.2) is 0 Å². The number of amides is 2. The zero-order valence-corrected chi connectivity index (χ0v) is 10.3. The summed E-state index contributed by atoms with van der Waals surface area (Å²) in [6.07, 6.45) is 3.31. The molecular formula is C10H20ClN3O2. The van der Waals surface area contributed by atoms with Gasteiger partial charge in [0.05, 0.1) is 6.04 Å². The largest absolute Gasteiger partial charge is 0.369 e. The Morgan fingerprint density at radius 3 is 2.50 bits per heavy atom. The molecule has 0 bridgehead atoms. The lowest BCUT2D eigenvalue weighted by Gasteiger charge is -2.28. The number of carbonyl (C=O) groups excluding carboxylic acids is 2. The number of hydrogen-bond acceptors (Lipinski definition) is 3. The molecule has 0 spiro atoms. The Labute approximate surface area is 102 Å². The molecule has 6 heteroatoms. The fourth-order valence-electron chi connectivity index (χ4n) is 1.91. The molecule has 5 N–H and O–H groups in total. The standard InChI is InChI=1S/C10H19N3O2.ClH/c1-6(11)10(15)13-8-4-2-3-7(5-8)9(12)14;/h6-8H,2-5,11H2,1H3,(H2,12,14)(H,13,15);1H/t6-,7?,8?;/m0./s1. The maximum atomic E-state index is 11.3. The zero-order valence-electron chi connectivity index (χ0n) is 9.44. The summed E-state index contributed by atoms with van der Waals surface area (Å²) in [5, 5.41) is 2.83. The van der Waals surface area contributed by atoms with Crippen molar-refractivity contribution in [1.29, 1.82) is 0 Å². The molecule has 0 saturated heterocycles. The summed E-state index contributed by atoms with van der Waals surface area (Å²) in [7, 11) is 0. The second-order valence-electron chi connectivity index (χ2n) is 4.26. The molecule has 0 aromatic carbocycles. The van der Waals surface area contributed by atoms with Crippen LogP contribution >= 0.6 is 12.4 Å². The van der Waals surface area contributed by atoms with Gasteiger partial charge in [-0.25, -0.2) is 0 Å². The first kappa shape index (κ1) is 15.2. The Morgan fingerprint density at radius 1 is 1.38 bits per heavy atom. The second kappa shape index (κ2) is 6.70. The lowest BCUT2D eigenvalue weighted by Crippen LogP contribution is -2.46. The number of nitrogens with two attached hydrogens (primary N) is 2. The van der Waals surface area contributed by atoms with E-state index in [4.69, 9.17) is 11.5 Å². The highest BCUT2D eigenvalue weighted by atomic mass is 35.5. The molecule has 0 radical (unpaired) electrons. The molecule has 5 nitrogen and oxygen atoms in total. The van der Waals surface area contributed by atoms with Crippen molar-refractivity contribution in [2.24, 2.45) is 17.4 Å². The first-order valence-corrected chi connectivity index (χ1v) is 5.36. The van der Waals surface area contributed by atoms with Gasteiger partial charge in [0.15, 0.2) is 0 Å². The summed E-state index contributed by atoms with van der Waals surface area (Å²) in [5.41, 5.74) is 10.7. The van der Waals surface area contributed by atoms with Crippen molar-refractivity contribution in [2.45, 2.75) is 44.7 Å². The average molecular weight is 250 g/mol. The van der Waals surface area contributed by atoms with Crippen LogP contribution in [0.1, 0.15) is 32.6 Å². The molecule has 94 valence electrons. The van der Waals surface area contributed by atoms with Crippen LogP contribution in [0.25, 0.3) is 0 Å². The van der Waals surface area contributed by atoms with Crippen LogP contribution in [0.3, 0.4) is 0 Å². The van der Waals surface area contributed by atoms with Gasteiger partial charge in [-0.3, -0.25) is 9.59 Å². The topological polar surface area (TPSA) is 98.2 Å². The number of halogens is 1. The first-order chi connectivity index (χ1) is 7.00. The van der Waals surface area contributed by atoms with Crippen molar-refractivity contribution in [2.75, 3.05) is 0 Å². The minimum atomic E-state index is -0.501. The number of nitrogens with one attached hydrogen (secondary N) is 1. The first-order valence-electron chi connectivity index (χ1n) is 5.36. The summed E-state index contributed by atoms with van der Waals surface area (Å²) in [6.45, 7) is 1.64.